The number of hydrogen-bond acceptors (Lipinski definition) is 5. The highest BCUT2D eigenvalue weighted by molar-refractivity contribution is 7.89. The number of piperazine rings is 1. The maximum Gasteiger partial charge on any atom is 0.246 e. The van der Waals surface area contributed by atoms with Gasteiger partial charge in [0.1, 0.15) is 6.54 Å². The Kier molecular flexibility index (Phi) is 4.36. The molecule has 0 saturated carbocycles. The fourth-order valence-corrected chi connectivity index (χ4v) is 4.84. The Labute approximate surface area is 147 Å². The predicted octanol–water partition coefficient (Wildman–Crippen LogP) is -0.591. The molecule has 3 heterocycles. The van der Waals surface area contributed by atoms with Gasteiger partial charge in [0, 0.05) is 33.3 Å². The van der Waals surface area contributed by atoms with Crippen molar-refractivity contribution in [1.82, 2.24) is 19.0 Å². The molecule has 0 aliphatic carbocycles. The highest BCUT2D eigenvalue weighted by Crippen LogP contribution is 2.35. The highest BCUT2D eigenvalue weighted by Gasteiger charge is 2.52. The van der Waals surface area contributed by atoms with Crippen molar-refractivity contribution in [2.45, 2.75) is 25.8 Å². The van der Waals surface area contributed by atoms with Gasteiger partial charge in [0.2, 0.25) is 21.8 Å². The Bertz CT molecular complexity index is 805. The summed E-state index contributed by atoms with van der Waals surface area (Å²) in [5.74, 6) is -0.380. The molecule has 1 atom stereocenters. The van der Waals surface area contributed by atoms with E-state index >= 15 is 0 Å². The monoisotopic (exact) mass is 369 g/mol. The van der Waals surface area contributed by atoms with Gasteiger partial charge in [0.05, 0.1) is 29.7 Å². The molecule has 2 fully saturated rings. The fourth-order valence-electron chi connectivity index (χ4n) is 3.67. The number of anilines is 1. The molecule has 2 aliphatic rings. The lowest BCUT2D eigenvalue weighted by atomic mass is 9.92. The minimum atomic E-state index is -3.34. The standard InChI is InChI=1S/C15H23N5O4S/c1-4-25(23,24)18-6-5-15(10-18)11-19(13-7-16-17(3)8-13)14(22)9-20(15)12(2)21/h7-8H,4-6,9-11H2,1-3H3/t15-/m0/s1. The molecule has 10 heteroatoms. The summed E-state index contributed by atoms with van der Waals surface area (Å²) in [5, 5.41) is 4.10. The van der Waals surface area contributed by atoms with Crippen LogP contribution < -0.4 is 4.90 Å². The Morgan fingerprint density at radius 3 is 2.64 bits per heavy atom. The van der Waals surface area contributed by atoms with Crippen LogP contribution in [0.4, 0.5) is 5.69 Å². The van der Waals surface area contributed by atoms with Gasteiger partial charge in [-0.1, -0.05) is 0 Å². The molecule has 9 nitrogen and oxygen atoms in total. The lowest BCUT2D eigenvalue weighted by molar-refractivity contribution is -0.142. The Hall–Kier alpha value is -1.94. The van der Waals surface area contributed by atoms with Gasteiger partial charge in [0.25, 0.3) is 0 Å². The second-order valence-electron chi connectivity index (χ2n) is 6.67. The molecule has 0 N–H and O–H groups in total. The average Bonchev–Trinajstić information content (AvgIpc) is 3.17. The van der Waals surface area contributed by atoms with Crippen molar-refractivity contribution in [3.8, 4) is 0 Å². The molecular weight excluding hydrogens is 346 g/mol. The fraction of sp³-hybridized carbons (Fsp3) is 0.667. The maximum absolute atomic E-state index is 12.6. The van der Waals surface area contributed by atoms with Crippen LogP contribution >= 0.6 is 0 Å². The lowest BCUT2D eigenvalue weighted by Crippen LogP contribution is -2.67. The van der Waals surface area contributed by atoms with Crippen LogP contribution in [0.25, 0.3) is 0 Å². The van der Waals surface area contributed by atoms with E-state index in [2.05, 4.69) is 5.10 Å². The quantitative estimate of drug-likeness (QED) is 0.710. The smallest absolute Gasteiger partial charge is 0.246 e. The van der Waals surface area contributed by atoms with Crippen LogP contribution in [0.15, 0.2) is 12.4 Å². The number of rotatable bonds is 3. The molecule has 25 heavy (non-hydrogen) atoms. The van der Waals surface area contributed by atoms with E-state index in [0.29, 0.717) is 18.7 Å². The number of sulfonamides is 1. The van der Waals surface area contributed by atoms with Crippen LogP contribution in [-0.2, 0) is 26.7 Å². The second kappa shape index (κ2) is 6.10. The summed E-state index contributed by atoms with van der Waals surface area (Å²) >= 11 is 0. The summed E-state index contributed by atoms with van der Waals surface area (Å²) in [5.41, 5.74) is -0.0375. The van der Waals surface area contributed by atoms with Crippen molar-refractivity contribution in [2.24, 2.45) is 7.05 Å². The maximum atomic E-state index is 12.6. The third-order valence-corrected chi connectivity index (χ3v) is 6.89. The van der Waals surface area contributed by atoms with Crippen LogP contribution in [0.5, 0.6) is 0 Å². The number of aromatic nitrogens is 2. The summed E-state index contributed by atoms with van der Waals surface area (Å²) in [7, 11) is -1.57. The Morgan fingerprint density at radius 2 is 2.08 bits per heavy atom. The minimum Gasteiger partial charge on any atom is -0.325 e. The van der Waals surface area contributed by atoms with E-state index in [1.807, 2.05) is 0 Å². The van der Waals surface area contributed by atoms with E-state index in [1.54, 1.807) is 35.9 Å². The lowest BCUT2D eigenvalue weighted by Gasteiger charge is -2.47. The number of aryl methyl sites for hydroxylation is 1. The molecule has 0 radical (unpaired) electrons. The molecule has 2 saturated heterocycles. The van der Waals surface area contributed by atoms with Gasteiger partial charge in [-0.15, -0.1) is 0 Å². The van der Waals surface area contributed by atoms with Crippen LogP contribution in [0.3, 0.4) is 0 Å². The summed E-state index contributed by atoms with van der Waals surface area (Å²) in [6, 6.07) is 0. The molecule has 0 aromatic carbocycles. The zero-order valence-corrected chi connectivity index (χ0v) is 15.5. The van der Waals surface area contributed by atoms with Gasteiger partial charge < -0.3 is 9.80 Å². The first-order chi connectivity index (χ1) is 11.7. The summed E-state index contributed by atoms with van der Waals surface area (Å²) < 4.78 is 27.5. The molecule has 3 rings (SSSR count). The van der Waals surface area contributed by atoms with Gasteiger partial charge in [-0.2, -0.15) is 9.40 Å². The zero-order valence-electron chi connectivity index (χ0n) is 14.7. The molecule has 2 amide bonds. The van der Waals surface area contributed by atoms with Crippen molar-refractivity contribution >= 4 is 27.5 Å². The predicted molar refractivity (Wildman–Crippen MR) is 91.3 cm³/mol. The van der Waals surface area contributed by atoms with Gasteiger partial charge in [0.15, 0.2) is 0 Å². The van der Waals surface area contributed by atoms with Crippen molar-refractivity contribution in [3.63, 3.8) is 0 Å². The van der Waals surface area contributed by atoms with Gasteiger partial charge in [-0.25, -0.2) is 8.42 Å². The molecule has 2 aliphatic heterocycles. The molecule has 0 unspecified atom stereocenters. The van der Waals surface area contributed by atoms with E-state index in [4.69, 9.17) is 0 Å². The first-order valence-corrected chi connectivity index (χ1v) is 9.84. The Morgan fingerprint density at radius 1 is 1.36 bits per heavy atom. The number of nitrogens with zero attached hydrogens (tertiary/aromatic N) is 5. The molecule has 0 bridgehead atoms. The van der Waals surface area contributed by atoms with Crippen molar-refractivity contribution in [3.05, 3.63) is 12.4 Å². The van der Waals surface area contributed by atoms with Crippen molar-refractivity contribution in [2.75, 3.05) is 36.8 Å². The molecule has 138 valence electrons. The van der Waals surface area contributed by atoms with E-state index in [-0.39, 0.29) is 37.2 Å². The minimum absolute atomic E-state index is 0.0222. The first-order valence-electron chi connectivity index (χ1n) is 8.23. The van der Waals surface area contributed by atoms with E-state index in [1.165, 1.54) is 16.1 Å². The SMILES string of the molecule is CCS(=O)(=O)N1CC[C@@]2(CN(c3cnn(C)c3)C(=O)CN2C(C)=O)C1. The largest absolute Gasteiger partial charge is 0.325 e. The third-order valence-electron chi connectivity index (χ3n) is 5.06. The van der Waals surface area contributed by atoms with Crippen molar-refractivity contribution < 1.29 is 18.0 Å². The average molecular weight is 369 g/mol. The number of carbonyl (C=O) groups is 2. The second-order valence-corrected chi connectivity index (χ2v) is 8.92. The topological polar surface area (TPSA) is 95.8 Å². The van der Waals surface area contributed by atoms with Gasteiger partial charge >= 0.3 is 0 Å². The van der Waals surface area contributed by atoms with E-state index in [0.717, 1.165) is 0 Å². The highest BCUT2D eigenvalue weighted by atomic mass is 32.2. The third kappa shape index (κ3) is 3.04. The number of carbonyl (C=O) groups excluding carboxylic acids is 2. The first kappa shape index (κ1) is 17.9. The molecule has 1 aromatic heterocycles. The normalized spacial score (nSPS) is 25.2. The molecular formula is C15H23N5O4S. The van der Waals surface area contributed by atoms with Crippen LogP contribution in [0, 0.1) is 0 Å². The number of amides is 2. The van der Waals surface area contributed by atoms with E-state index in [9.17, 15) is 18.0 Å². The van der Waals surface area contributed by atoms with Crippen LogP contribution in [0.2, 0.25) is 0 Å². The Balaban J connectivity index is 1.94. The van der Waals surface area contributed by atoms with Crippen molar-refractivity contribution in [1.29, 1.82) is 0 Å². The van der Waals surface area contributed by atoms with Gasteiger partial charge in [-0.3, -0.25) is 14.3 Å². The molecule has 1 aromatic rings. The molecule has 1 spiro atoms. The summed E-state index contributed by atoms with van der Waals surface area (Å²) in [6.07, 6.45) is 3.85. The van der Waals surface area contributed by atoms with Gasteiger partial charge in [-0.05, 0) is 13.3 Å². The van der Waals surface area contributed by atoms with E-state index < -0.39 is 15.6 Å². The zero-order chi connectivity index (χ0) is 18.4. The summed E-state index contributed by atoms with van der Waals surface area (Å²) in [4.78, 5) is 27.8. The number of hydrogen-bond donors (Lipinski definition) is 0. The van der Waals surface area contributed by atoms with Crippen LogP contribution in [0.1, 0.15) is 20.3 Å². The summed E-state index contributed by atoms with van der Waals surface area (Å²) in [6.45, 7) is 3.82. The van der Waals surface area contributed by atoms with Crippen LogP contribution in [-0.4, -0.2) is 76.7 Å².